The van der Waals surface area contributed by atoms with Gasteiger partial charge in [-0.1, -0.05) is 5.16 Å². The van der Waals surface area contributed by atoms with Crippen LogP contribution >= 0.6 is 27.3 Å². The topological polar surface area (TPSA) is 90.7 Å². The number of nitrogen functional groups attached to an aromatic ring is 1. The van der Waals surface area contributed by atoms with Crippen LogP contribution < -0.4 is 5.73 Å². The van der Waals surface area contributed by atoms with Crippen molar-refractivity contribution in [3.63, 3.8) is 0 Å². The van der Waals surface area contributed by atoms with Crippen molar-refractivity contribution >= 4 is 32.4 Å². The van der Waals surface area contributed by atoms with Crippen molar-refractivity contribution in [2.75, 3.05) is 5.73 Å². The van der Waals surface area contributed by atoms with Gasteiger partial charge in [-0.2, -0.15) is 4.98 Å². The molecule has 0 amide bonds. The number of hydrogen-bond donors (Lipinski definition) is 1. The lowest BCUT2D eigenvalue weighted by Gasteiger charge is -1.94. The molecule has 8 heteroatoms. The van der Waals surface area contributed by atoms with Crippen molar-refractivity contribution in [3.8, 4) is 11.5 Å². The van der Waals surface area contributed by atoms with Gasteiger partial charge in [-0.15, -0.1) is 11.3 Å². The maximum Gasteiger partial charge on any atom is 0.227 e. The minimum Gasteiger partial charge on any atom is -0.375 e. The van der Waals surface area contributed by atoms with Gasteiger partial charge in [-0.25, -0.2) is 4.98 Å². The lowest BCUT2D eigenvalue weighted by Crippen LogP contribution is -1.92. The summed E-state index contributed by atoms with van der Waals surface area (Å²) in [5.74, 6) is 1.12. The normalized spacial score (nSPS) is 10.9. The van der Waals surface area contributed by atoms with Crippen LogP contribution in [0.4, 0.5) is 5.13 Å². The van der Waals surface area contributed by atoms with E-state index in [1.165, 1.54) is 11.3 Å². The van der Waals surface area contributed by atoms with Gasteiger partial charge in [-0.3, -0.25) is 4.98 Å². The van der Waals surface area contributed by atoms with Crippen LogP contribution in [0.3, 0.4) is 0 Å². The number of nitrogens with two attached hydrogens (primary N) is 1. The third-order valence-corrected chi connectivity index (χ3v) is 4.01. The number of halogens is 1. The van der Waals surface area contributed by atoms with Gasteiger partial charge in [0.15, 0.2) is 5.13 Å². The van der Waals surface area contributed by atoms with Crippen LogP contribution in [0.5, 0.6) is 0 Å². The van der Waals surface area contributed by atoms with Gasteiger partial charge < -0.3 is 10.3 Å². The number of thiazole rings is 1. The lowest BCUT2D eigenvalue weighted by atomic mass is 10.2. The summed E-state index contributed by atoms with van der Waals surface area (Å²) >= 11 is 4.80. The van der Waals surface area contributed by atoms with Crippen LogP contribution in [0.2, 0.25) is 0 Å². The van der Waals surface area contributed by atoms with Crippen LogP contribution in [0.1, 0.15) is 18.0 Å². The molecule has 0 aliphatic carbocycles. The number of aromatic nitrogens is 4. The van der Waals surface area contributed by atoms with E-state index in [2.05, 4.69) is 36.0 Å². The minimum absolute atomic E-state index is 0.510. The molecule has 0 radical (unpaired) electrons. The Hall–Kier alpha value is -1.80. The number of nitrogens with zero attached hydrogens (tertiary/aromatic N) is 4. The molecule has 0 fully saturated rings. The van der Waals surface area contributed by atoms with Crippen LogP contribution in [0.25, 0.3) is 11.5 Å². The van der Waals surface area contributed by atoms with E-state index in [9.17, 15) is 0 Å². The Bertz CT molecular complexity index is 724. The molecule has 0 aliphatic rings. The van der Waals surface area contributed by atoms with E-state index >= 15 is 0 Å². The van der Waals surface area contributed by atoms with Crippen LogP contribution in [-0.2, 0) is 12.8 Å². The molecule has 0 bridgehead atoms. The summed E-state index contributed by atoms with van der Waals surface area (Å²) in [5.41, 5.74) is 7.30. The lowest BCUT2D eigenvalue weighted by molar-refractivity contribution is 0.376. The molecule has 3 rings (SSSR count). The highest BCUT2D eigenvalue weighted by atomic mass is 79.9. The predicted molar refractivity (Wildman–Crippen MR) is 83.8 cm³/mol. The zero-order valence-corrected chi connectivity index (χ0v) is 13.4. The molecular formula is C13H12BrN5OS. The van der Waals surface area contributed by atoms with Gasteiger partial charge in [0.2, 0.25) is 11.7 Å². The SMILES string of the molecule is Nc1nc(CCCc2nc(-c3ccc(Br)cn3)no2)cs1. The average Bonchev–Trinajstić information content (AvgIpc) is 3.09. The van der Waals surface area contributed by atoms with Crippen molar-refractivity contribution < 1.29 is 4.52 Å². The van der Waals surface area contributed by atoms with E-state index in [0.29, 0.717) is 29.0 Å². The predicted octanol–water partition coefficient (Wildman–Crippen LogP) is 3.11. The van der Waals surface area contributed by atoms with E-state index in [-0.39, 0.29) is 0 Å². The Kier molecular flexibility index (Phi) is 4.26. The zero-order valence-electron chi connectivity index (χ0n) is 11.0. The van der Waals surface area contributed by atoms with E-state index in [1.807, 2.05) is 17.5 Å². The van der Waals surface area contributed by atoms with Gasteiger partial charge >= 0.3 is 0 Å². The summed E-state index contributed by atoms with van der Waals surface area (Å²) in [6, 6.07) is 3.74. The fraction of sp³-hybridized carbons (Fsp3) is 0.231. The van der Waals surface area contributed by atoms with Gasteiger partial charge in [0.05, 0.1) is 5.69 Å². The Morgan fingerprint density at radius 3 is 2.86 bits per heavy atom. The third kappa shape index (κ3) is 3.64. The van der Waals surface area contributed by atoms with Crippen molar-refractivity contribution in [1.82, 2.24) is 20.1 Å². The first-order valence-electron chi connectivity index (χ1n) is 6.35. The molecule has 2 N–H and O–H groups in total. The fourth-order valence-corrected chi connectivity index (χ4v) is 2.66. The summed E-state index contributed by atoms with van der Waals surface area (Å²) in [6.45, 7) is 0. The molecule has 0 atom stereocenters. The smallest absolute Gasteiger partial charge is 0.227 e. The third-order valence-electron chi connectivity index (χ3n) is 2.82. The number of rotatable bonds is 5. The van der Waals surface area contributed by atoms with E-state index in [0.717, 1.165) is 23.0 Å². The molecule has 3 heterocycles. The standard InChI is InChI=1S/C13H12BrN5OS/c14-8-4-5-10(16-6-8)12-18-11(20-19-12)3-1-2-9-7-21-13(15)17-9/h4-7H,1-3H2,(H2,15,17). The van der Waals surface area contributed by atoms with Gasteiger partial charge in [0.25, 0.3) is 0 Å². The average molecular weight is 366 g/mol. The van der Waals surface area contributed by atoms with Crippen molar-refractivity contribution in [3.05, 3.63) is 39.8 Å². The number of anilines is 1. The zero-order chi connectivity index (χ0) is 14.7. The molecule has 0 aliphatic heterocycles. The summed E-state index contributed by atoms with van der Waals surface area (Å²) in [4.78, 5) is 12.8. The second-order valence-corrected chi connectivity index (χ2v) is 6.21. The van der Waals surface area contributed by atoms with Crippen molar-refractivity contribution in [2.45, 2.75) is 19.3 Å². The maximum absolute atomic E-state index is 5.60. The van der Waals surface area contributed by atoms with Gasteiger partial charge in [0.1, 0.15) is 5.69 Å². The van der Waals surface area contributed by atoms with Crippen LogP contribution in [0, 0.1) is 0 Å². The highest BCUT2D eigenvalue weighted by Gasteiger charge is 2.10. The molecular weight excluding hydrogens is 354 g/mol. The monoisotopic (exact) mass is 365 g/mol. The molecule has 0 aromatic carbocycles. The Balaban J connectivity index is 1.59. The molecule has 108 valence electrons. The highest BCUT2D eigenvalue weighted by Crippen LogP contribution is 2.17. The van der Waals surface area contributed by atoms with Crippen molar-refractivity contribution in [1.29, 1.82) is 0 Å². The van der Waals surface area contributed by atoms with Gasteiger partial charge in [-0.05, 0) is 40.9 Å². The second kappa shape index (κ2) is 6.31. The second-order valence-electron chi connectivity index (χ2n) is 4.40. The molecule has 6 nitrogen and oxygen atoms in total. The van der Waals surface area contributed by atoms with Gasteiger partial charge in [0, 0.05) is 22.5 Å². The first-order chi connectivity index (χ1) is 10.2. The first kappa shape index (κ1) is 14.2. The molecule has 3 aromatic heterocycles. The number of aryl methyl sites for hydroxylation is 2. The quantitative estimate of drug-likeness (QED) is 0.746. The summed E-state index contributed by atoms with van der Waals surface area (Å²) in [5, 5.41) is 6.52. The van der Waals surface area contributed by atoms with E-state index < -0.39 is 0 Å². The largest absolute Gasteiger partial charge is 0.375 e. The fourth-order valence-electron chi connectivity index (χ4n) is 1.83. The number of hydrogen-bond acceptors (Lipinski definition) is 7. The Morgan fingerprint density at radius 2 is 2.14 bits per heavy atom. The van der Waals surface area contributed by atoms with Crippen LogP contribution in [0.15, 0.2) is 32.7 Å². The maximum atomic E-state index is 5.60. The van der Waals surface area contributed by atoms with Crippen molar-refractivity contribution in [2.24, 2.45) is 0 Å². The molecule has 3 aromatic rings. The number of pyridine rings is 1. The van der Waals surface area contributed by atoms with Crippen LogP contribution in [-0.4, -0.2) is 20.1 Å². The molecule has 0 saturated carbocycles. The molecule has 0 unspecified atom stereocenters. The van der Waals surface area contributed by atoms with E-state index in [4.69, 9.17) is 10.3 Å². The first-order valence-corrected chi connectivity index (χ1v) is 8.02. The molecule has 0 spiro atoms. The van der Waals surface area contributed by atoms with E-state index in [1.54, 1.807) is 6.20 Å². The summed E-state index contributed by atoms with van der Waals surface area (Å²) in [6.07, 6.45) is 4.15. The minimum atomic E-state index is 0.510. The Labute approximate surface area is 133 Å². The molecule has 0 saturated heterocycles. The Morgan fingerprint density at radius 1 is 1.24 bits per heavy atom. The molecule has 21 heavy (non-hydrogen) atoms. The summed E-state index contributed by atoms with van der Waals surface area (Å²) in [7, 11) is 0. The highest BCUT2D eigenvalue weighted by molar-refractivity contribution is 9.10. The summed E-state index contributed by atoms with van der Waals surface area (Å²) < 4.78 is 6.15.